The third-order valence-electron chi connectivity index (χ3n) is 2.97. The Labute approximate surface area is 128 Å². The fourth-order valence-electron chi connectivity index (χ4n) is 1.79. The van der Waals surface area contributed by atoms with Crippen molar-refractivity contribution < 1.29 is 19.4 Å². The van der Waals surface area contributed by atoms with Crippen molar-refractivity contribution in [3.8, 4) is 11.5 Å². The van der Waals surface area contributed by atoms with E-state index in [4.69, 9.17) is 14.6 Å². The molecule has 0 aliphatic carbocycles. The standard InChI is InChI=1S/C16H16N2O4/c1-21-14-8-5-12(15(9-14)22-2)10-17-18-13-6-3-11(4-7-13)16(19)20/h3-10,18H,1-2H3,(H,19,20). The zero-order chi connectivity index (χ0) is 15.9. The van der Waals surface area contributed by atoms with Crippen LogP contribution >= 0.6 is 0 Å². The minimum absolute atomic E-state index is 0.228. The molecule has 0 saturated heterocycles. The van der Waals surface area contributed by atoms with Crippen LogP contribution < -0.4 is 14.9 Å². The molecule has 0 amide bonds. The SMILES string of the molecule is COc1ccc(C=NNc2ccc(C(=O)O)cc2)c(OC)c1. The van der Waals surface area contributed by atoms with Gasteiger partial charge in [0.1, 0.15) is 11.5 Å². The highest BCUT2D eigenvalue weighted by atomic mass is 16.5. The van der Waals surface area contributed by atoms with E-state index in [1.54, 1.807) is 38.6 Å². The number of aromatic carboxylic acids is 1. The molecule has 0 saturated carbocycles. The predicted octanol–water partition coefficient (Wildman–Crippen LogP) is 2.85. The maximum Gasteiger partial charge on any atom is 0.335 e. The molecule has 0 aliphatic heterocycles. The van der Waals surface area contributed by atoms with E-state index in [1.807, 2.05) is 12.1 Å². The first-order valence-electron chi connectivity index (χ1n) is 6.48. The summed E-state index contributed by atoms with van der Waals surface area (Å²) in [4.78, 5) is 10.8. The summed E-state index contributed by atoms with van der Waals surface area (Å²) in [5, 5.41) is 12.9. The normalized spacial score (nSPS) is 10.5. The van der Waals surface area contributed by atoms with Crippen molar-refractivity contribution in [3.63, 3.8) is 0 Å². The number of carboxylic acid groups (broad SMARTS) is 1. The molecule has 0 heterocycles. The van der Waals surface area contributed by atoms with Crippen LogP contribution in [-0.4, -0.2) is 31.5 Å². The summed E-state index contributed by atoms with van der Waals surface area (Å²) in [7, 11) is 3.16. The number of carboxylic acids is 1. The maximum atomic E-state index is 10.8. The zero-order valence-electron chi connectivity index (χ0n) is 12.2. The van der Waals surface area contributed by atoms with Crippen LogP contribution in [0.5, 0.6) is 11.5 Å². The van der Waals surface area contributed by atoms with Gasteiger partial charge in [-0.15, -0.1) is 0 Å². The number of rotatable bonds is 6. The molecule has 0 spiro atoms. The molecule has 6 heteroatoms. The van der Waals surface area contributed by atoms with Gasteiger partial charge in [0.2, 0.25) is 0 Å². The van der Waals surface area contributed by atoms with Gasteiger partial charge in [-0.2, -0.15) is 5.10 Å². The van der Waals surface area contributed by atoms with E-state index in [0.29, 0.717) is 17.2 Å². The minimum atomic E-state index is -0.960. The molecule has 22 heavy (non-hydrogen) atoms. The Morgan fingerprint density at radius 2 is 1.86 bits per heavy atom. The summed E-state index contributed by atoms with van der Waals surface area (Å²) in [6.45, 7) is 0. The lowest BCUT2D eigenvalue weighted by atomic mass is 10.2. The van der Waals surface area contributed by atoms with Crippen molar-refractivity contribution in [2.45, 2.75) is 0 Å². The quantitative estimate of drug-likeness (QED) is 0.633. The molecule has 2 aromatic carbocycles. The molecule has 2 rings (SSSR count). The van der Waals surface area contributed by atoms with Gasteiger partial charge in [0, 0.05) is 11.6 Å². The first kappa shape index (κ1) is 15.4. The van der Waals surface area contributed by atoms with Gasteiger partial charge in [-0.1, -0.05) is 0 Å². The lowest BCUT2D eigenvalue weighted by Gasteiger charge is -2.07. The topological polar surface area (TPSA) is 80.2 Å². The summed E-state index contributed by atoms with van der Waals surface area (Å²) in [6, 6.07) is 11.7. The van der Waals surface area contributed by atoms with E-state index in [9.17, 15) is 4.79 Å². The van der Waals surface area contributed by atoms with E-state index in [0.717, 1.165) is 5.56 Å². The van der Waals surface area contributed by atoms with Gasteiger partial charge in [-0.25, -0.2) is 4.79 Å². The van der Waals surface area contributed by atoms with Gasteiger partial charge in [-0.05, 0) is 36.4 Å². The average molecular weight is 300 g/mol. The Hall–Kier alpha value is -3.02. The Morgan fingerprint density at radius 3 is 2.45 bits per heavy atom. The summed E-state index contributed by atoms with van der Waals surface area (Å²) in [6.07, 6.45) is 1.61. The first-order valence-corrected chi connectivity index (χ1v) is 6.48. The van der Waals surface area contributed by atoms with Crippen molar-refractivity contribution in [1.82, 2.24) is 0 Å². The number of ether oxygens (including phenoxy) is 2. The maximum absolute atomic E-state index is 10.8. The molecular formula is C16H16N2O4. The van der Waals surface area contributed by atoms with Crippen molar-refractivity contribution in [3.05, 3.63) is 53.6 Å². The lowest BCUT2D eigenvalue weighted by Crippen LogP contribution is -1.97. The fraction of sp³-hybridized carbons (Fsp3) is 0.125. The lowest BCUT2D eigenvalue weighted by molar-refractivity contribution is 0.0697. The van der Waals surface area contributed by atoms with Gasteiger partial charge in [0.15, 0.2) is 0 Å². The summed E-state index contributed by atoms with van der Waals surface area (Å²) < 4.78 is 10.4. The van der Waals surface area contributed by atoms with Crippen LogP contribution in [0.1, 0.15) is 15.9 Å². The van der Waals surface area contributed by atoms with Crippen LogP contribution in [0.25, 0.3) is 0 Å². The van der Waals surface area contributed by atoms with E-state index < -0.39 is 5.97 Å². The van der Waals surface area contributed by atoms with E-state index in [1.165, 1.54) is 12.1 Å². The summed E-state index contributed by atoms with van der Waals surface area (Å²) >= 11 is 0. The van der Waals surface area contributed by atoms with Gasteiger partial charge in [-0.3, -0.25) is 5.43 Å². The third kappa shape index (κ3) is 3.76. The van der Waals surface area contributed by atoms with Crippen LogP contribution in [0.15, 0.2) is 47.6 Å². The molecule has 114 valence electrons. The van der Waals surface area contributed by atoms with Gasteiger partial charge in [0.25, 0.3) is 0 Å². The molecular weight excluding hydrogens is 284 g/mol. The number of anilines is 1. The third-order valence-corrected chi connectivity index (χ3v) is 2.97. The zero-order valence-corrected chi connectivity index (χ0v) is 12.2. The number of hydrogen-bond acceptors (Lipinski definition) is 5. The minimum Gasteiger partial charge on any atom is -0.497 e. The second kappa shape index (κ2) is 7.12. The van der Waals surface area contributed by atoms with E-state index in [2.05, 4.69) is 10.5 Å². The summed E-state index contributed by atoms with van der Waals surface area (Å²) in [5.74, 6) is 0.385. The van der Waals surface area contributed by atoms with Gasteiger partial charge < -0.3 is 14.6 Å². The van der Waals surface area contributed by atoms with E-state index in [-0.39, 0.29) is 5.56 Å². The van der Waals surface area contributed by atoms with Crippen molar-refractivity contribution >= 4 is 17.9 Å². The Bertz CT molecular complexity index is 681. The Balaban J connectivity index is 2.07. The van der Waals surface area contributed by atoms with Gasteiger partial charge in [0.05, 0.1) is 31.7 Å². The molecule has 0 unspecified atom stereocenters. The van der Waals surface area contributed by atoms with Crippen LogP contribution in [-0.2, 0) is 0 Å². The van der Waals surface area contributed by atoms with Crippen LogP contribution in [0.3, 0.4) is 0 Å². The molecule has 0 bridgehead atoms. The van der Waals surface area contributed by atoms with Crippen LogP contribution in [0.4, 0.5) is 5.69 Å². The Morgan fingerprint density at radius 1 is 1.14 bits per heavy atom. The number of methoxy groups -OCH3 is 2. The molecule has 2 N–H and O–H groups in total. The highest BCUT2D eigenvalue weighted by Crippen LogP contribution is 2.23. The van der Waals surface area contributed by atoms with Crippen molar-refractivity contribution in [2.75, 3.05) is 19.6 Å². The molecule has 0 atom stereocenters. The largest absolute Gasteiger partial charge is 0.497 e. The molecule has 0 radical (unpaired) electrons. The second-order valence-corrected chi connectivity index (χ2v) is 4.36. The van der Waals surface area contributed by atoms with Crippen molar-refractivity contribution in [2.24, 2.45) is 5.10 Å². The molecule has 0 aliphatic rings. The average Bonchev–Trinajstić information content (AvgIpc) is 2.55. The number of nitrogens with zero attached hydrogens (tertiary/aromatic N) is 1. The van der Waals surface area contributed by atoms with Crippen LogP contribution in [0.2, 0.25) is 0 Å². The fourth-order valence-corrected chi connectivity index (χ4v) is 1.79. The molecule has 0 fully saturated rings. The first-order chi connectivity index (χ1) is 10.6. The number of hydrogen-bond donors (Lipinski definition) is 2. The number of benzene rings is 2. The summed E-state index contributed by atoms with van der Waals surface area (Å²) in [5.41, 5.74) is 4.54. The highest BCUT2D eigenvalue weighted by Gasteiger charge is 2.03. The molecule has 2 aromatic rings. The number of carbonyl (C=O) groups is 1. The molecule has 6 nitrogen and oxygen atoms in total. The van der Waals surface area contributed by atoms with Gasteiger partial charge >= 0.3 is 5.97 Å². The monoisotopic (exact) mass is 300 g/mol. The highest BCUT2D eigenvalue weighted by molar-refractivity contribution is 5.88. The van der Waals surface area contributed by atoms with Crippen LogP contribution in [0, 0.1) is 0 Å². The number of nitrogens with one attached hydrogen (secondary N) is 1. The Kier molecular flexibility index (Phi) is 4.98. The smallest absolute Gasteiger partial charge is 0.335 e. The molecule has 0 aromatic heterocycles. The second-order valence-electron chi connectivity index (χ2n) is 4.36. The number of hydrazone groups is 1. The van der Waals surface area contributed by atoms with E-state index >= 15 is 0 Å². The van der Waals surface area contributed by atoms with Crippen molar-refractivity contribution in [1.29, 1.82) is 0 Å². The predicted molar refractivity (Wildman–Crippen MR) is 84.2 cm³/mol.